The number of phenolic OH excluding ortho intramolecular Hbond substituents is 1. The summed E-state index contributed by atoms with van der Waals surface area (Å²) in [6, 6.07) is 13.8. The maximum atomic E-state index is 10.3. The Hall–Kier alpha value is -1.84. The number of aliphatic imine (C=N–C) groups is 1. The summed E-state index contributed by atoms with van der Waals surface area (Å²) in [4.78, 5) is 4.98. The molecule has 1 heterocycles. The summed E-state index contributed by atoms with van der Waals surface area (Å²) in [5.41, 5.74) is 3.99. The number of halogens is 1. The van der Waals surface area contributed by atoms with Crippen molar-refractivity contribution < 1.29 is 5.11 Å². The highest BCUT2D eigenvalue weighted by molar-refractivity contribution is 6.30. The van der Waals surface area contributed by atoms with Gasteiger partial charge < -0.3 is 5.11 Å². The molecule has 3 rings (SSSR count). The average molecular weight is 357 g/mol. The van der Waals surface area contributed by atoms with E-state index >= 15 is 0 Å². The molecule has 0 fully saturated rings. The molecule has 3 nitrogen and oxygen atoms in total. The Labute approximate surface area is 154 Å². The first-order chi connectivity index (χ1) is 11.9. The van der Waals surface area contributed by atoms with Gasteiger partial charge in [-0.15, -0.1) is 0 Å². The lowest BCUT2D eigenvalue weighted by Crippen LogP contribution is -2.47. The summed E-state index contributed by atoms with van der Waals surface area (Å²) >= 11 is 6.16. The molecule has 0 radical (unpaired) electrons. The number of hydrogen-bond acceptors (Lipinski definition) is 3. The van der Waals surface area contributed by atoms with Crippen LogP contribution >= 0.6 is 11.6 Å². The molecule has 0 spiro atoms. The van der Waals surface area contributed by atoms with E-state index in [9.17, 15) is 5.11 Å². The van der Waals surface area contributed by atoms with Crippen LogP contribution in [0.25, 0.3) is 0 Å². The highest BCUT2D eigenvalue weighted by Gasteiger charge is 2.33. The number of nitrogens with zero attached hydrogens (tertiary/aromatic N) is 1. The SMILES string of the molecule is CCc1ccc(C2=N[C@](C)(CC)N[C@H](c3cc(Cl)ccc3O)C2)cc1. The van der Waals surface area contributed by atoms with E-state index in [2.05, 4.69) is 50.4 Å². The molecule has 2 N–H and O–H groups in total. The fraction of sp³-hybridized carbons (Fsp3) is 0.381. The number of benzene rings is 2. The monoisotopic (exact) mass is 356 g/mol. The van der Waals surface area contributed by atoms with Gasteiger partial charge in [0.2, 0.25) is 0 Å². The summed E-state index contributed by atoms with van der Waals surface area (Å²) in [5.74, 6) is 0.267. The minimum absolute atomic E-state index is 0.0259. The topological polar surface area (TPSA) is 44.6 Å². The van der Waals surface area contributed by atoms with Crippen molar-refractivity contribution >= 4 is 17.3 Å². The van der Waals surface area contributed by atoms with Gasteiger partial charge in [-0.05, 0) is 49.1 Å². The Morgan fingerprint density at radius 1 is 1.20 bits per heavy atom. The summed E-state index contributed by atoms with van der Waals surface area (Å²) < 4.78 is 0. The van der Waals surface area contributed by atoms with Gasteiger partial charge in [-0.3, -0.25) is 10.3 Å². The zero-order valence-electron chi connectivity index (χ0n) is 15.0. The van der Waals surface area contributed by atoms with E-state index in [-0.39, 0.29) is 17.5 Å². The van der Waals surface area contributed by atoms with Crippen molar-refractivity contribution in [1.82, 2.24) is 5.32 Å². The van der Waals surface area contributed by atoms with Gasteiger partial charge in [0, 0.05) is 28.8 Å². The Bertz CT molecular complexity index is 785. The first-order valence-electron chi connectivity index (χ1n) is 8.88. The Morgan fingerprint density at radius 2 is 1.92 bits per heavy atom. The first kappa shape index (κ1) is 18.0. The lowest BCUT2D eigenvalue weighted by atomic mass is 9.91. The van der Waals surface area contributed by atoms with E-state index in [1.165, 1.54) is 5.56 Å². The summed E-state index contributed by atoms with van der Waals surface area (Å²) in [7, 11) is 0. The van der Waals surface area contributed by atoms with Crippen molar-refractivity contribution in [2.45, 2.75) is 51.7 Å². The van der Waals surface area contributed by atoms with Crippen molar-refractivity contribution in [1.29, 1.82) is 0 Å². The van der Waals surface area contributed by atoms with Gasteiger partial charge >= 0.3 is 0 Å². The van der Waals surface area contributed by atoms with E-state index in [1.54, 1.807) is 12.1 Å². The van der Waals surface area contributed by atoms with Crippen LogP contribution in [0.4, 0.5) is 0 Å². The first-order valence-corrected chi connectivity index (χ1v) is 9.26. The number of nitrogens with one attached hydrogen (secondary N) is 1. The van der Waals surface area contributed by atoms with Gasteiger partial charge in [0.1, 0.15) is 11.4 Å². The van der Waals surface area contributed by atoms with Crippen molar-refractivity contribution in [3.63, 3.8) is 0 Å². The summed E-state index contributed by atoms with van der Waals surface area (Å²) in [5, 5.41) is 14.5. The van der Waals surface area contributed by atoms with Crippen LogP contribution < -0.4 is 5.32 Å². The van der Waals surface area contributed by atoms with Crippen LogP contribution in [0.15, 0.2) is 47.5 Å². The number of hydrogen-bond donors (Lipinski definition) is 2. The molecule has 2 aromatic carbocycles. The minimum Gasteiger partial charge on any atom is -0.508 e. The van der Waals surface area contributed by atoms with Crippen molar-refractivity contribution in [3.05, 3.63) is 64.2 Å². The molecule has 0 unspecified atom stereocenters. The second-order valence-corrected chi connectivity index (χ2v) is 7.28. The maximum Gasteiger partial charge on any atom is 0.120 e. The normalized spacial score (nSPS) is 23.4. The number of rotatable bonds is 4. The Balaban J connectivity index is 1.99. The highest BCUT2D eigenvalue weighted by atomic mass is 35.5. The van der Waals surface area contributed by atoms with Gasteiger partial charge in [0.25, 0.3) is 0 Å². The Morgan fingerprint density at radius 3 is 2.56 bits per heavy atom. The molecule has 0 aromatic heterocycles. The smallest absolute Gasteiger partial charge is 0.120 e. The molecular weight excluding hydrogens is 332 g/mol. The minimum atomic E-state index is -0.365. The zero-order valence-corrected chi connectivity index (χ0v) is 15.8. The second kappa shape index (κ2) is 7.19. The quantitative estimate of drug-likeness (QED) is 0.785. The molecular formula is C21H25ClN2O. The molecule has 1 aliphatic rings. The Kier molecular flexibility index (Phi) is 5.16. The van der Waals surface area contributed by atoms with Crippen molar-refractivity contribution in [3.8, 4) is 5.75 Å². The fourth-order valence-electron chi connectivity index (χ4n) is 3.28. The molecule has 132 valence electrons. The van der Waals surface area contributed by atoms with Crippen LogP contribution in [-0.4, -0.2) is 16.5 Å². The summed E-state index contributed by atoms with van der Waals surface area (Å²) in [6.07, 6.45) is 2.61. The second-order valence-electron chi connectivity index (χ2n) is 6.84. The molecule has 2 atom stereocenters. The molecule has 0 saturated heterocycles. The number of aryl methyl sites for hydroxylation is 1. The largest absolute Gasteiger partial charge is 0.508 e. The van der Waals surface area contributed by atoms with Crippen LogP contribution in [0.1, 0.15) is 56.3 Å². The zero-order chi connectivity index (χ0) is 18.0. The molecule has 4 heteroatoms. The standard InChI is InChI=1S/C21H25ClN2O/c1-4-14-6-8-15(9-7-14)18-13-19(24-21(3,5-2)23-18)17-12-16(22)10-11-20(17)25/h6-12,19,24-25H,4-5,13H2,1-3H3/t19-,21-/m0/s1. The molecule has 0 amide bonds. The number of aromatic hydroxyl groups is 1. The lowest BCUT2D eigenvalue weighted by molar-refractivity contribution is 0.295. The van der Waals surface area contributed by atoms with E-state index in [1.807, 2.05) is 6.07 Å². The third-order valence-corrected chi connectivity index (χ3v) is 5.25. The maximum absolute atomic E-state index is 10.3. The predicted octanol–water partition coefficient (Wildman–Crippen LogP) is 5.26. The molecule has 1 aliphatic heterocycles. The third-order valence-electron chi connectivity index (χ3n) is 5.01. The summed E-state index contributed by atoms with van der Waals surface area (Å²) in [6.45, 7) is 6.37. The molecule has 0 aliphatic carbocycles. The van der Waals surface area contributed by atoms with Gasteiger partial charge in [0.15, 0.2) is 0 Å². The van der Waals surface area contributed by atoms with E-state index in [0.717, 1.165) is 36.1 Å². The fourth-order valence-corrected chi connectivity index (χ4v) is 3.46. The lowest BCUT2D eigenvalue weighted by Gasteiger charge is -2.37. The van der Waals surface area contributed by atoms with Crippen LogP contribution in [0.3, 0.4) is 0 Å². The van der Waals surface area contributed by atoms with E-state index < -0.39 is 0 Å². The number of phenols is 1. The van der Waals surface area contributed by atoms with E-state index in [0.29, 0.717) is 5.02 Å². The predicted molar refractivity (Wildman–Crippen MR) is 105 cm³/mol. The third kappa shape index (κ3) is 3.88. The van der Waals surface area contributed by atoms with E-state index in [4.69, 9.17) is 16.6 Å². The van der Waals surface area contributed by atoms with Gasteiger partial charge in [0.05, 0.1) is 0 Å². The van der Waals surface area contributed by atoms with Crippen LogP contribution in [0.5, 0.6) is 5.75 Å². The van der Waals surface area contributed by atoms with Gasteiger partial charge in [-0.2, -0.15) is 0 Å². The highest BCUT2D eigenvalue weighted by Crippen LogP contribution is 2.35. The average Bonchev–Trinajstić information content (AvgIpc) is 2.63. The van der Waals surface area contributed by atoms with Crippen molar-refractivity contribution in [2.24, 2.45) is 4.99 Å². The van der Waals surface area contributed by atoms with Gasteiger partial charge in [-0.1, -0.05) is 49.7 Å². The molecule has 25 heavy (non-hydrogen) atoms. The van der Waals surface area contributed by atoms with Crippen molar-refractivity contribution in [2.75, 3.05) is 0 Å². The van der Waals surface area contributed by atoms with Crippen LogP contribution in [0, 0.1) is 0 Å². The van der Waals surface area contributed by atoms with Crippen LogP contribution in [0.2, 0.25) is 5.02 Å². The van der Waals surface area contributed by atoms with Gasteiger partial charge in [-0.25, -0.2) is 0 Å². The molecule has 2 aromatic rings. The molecule has 0 saturated carbocycles. The van der Waals surface area contributed by atoms with Crippen LogP contribution in [-0.2, 0) is 6.42 Å². The molecule has 0 bridgehead atoms.